The van der Waals surface area contributed by atoms with Crippen molar-refractivity contribution in [1.29, 1.82) is 0 Å². The van der Waals surface area contributed by atoms with Crippen LogP contribution in [0.5, 0.6) is 0 Å². The lowest BCUT2D eigenvalue weighted by atomic mass is 10.1. The fourth-order valence-electron chi connectivity index (χ4n) is 1.18. The zero-order valence-electron chi connectivity index (χ0n) is 8.32. The van der Waals surface area contributed by atoms with Crippen LogP contribution in [0.2, 0.25) is 0 Å². The molecule has 0 radical (unpaired) electrons. The standard InChI is InChI=1S/C10H14BrN3.HI/c11-9-5-1-3-8(7-9)4-2-6-14-10(12)13;/h1,3,5,7H,2,4,6H2,(H4,12,13,14);1H. The van der Waals surface area contributed by atoms with E-state index in [1.54, 1.807) is 0 Å². The van der Waals surface area contributed by atoms with Crippen LogP contribution in [0, 0.1) is 0 Å². The number of hydrogen-bond donors (Lipinski definition) is 2. The van der Waals surface area contributed by atoms with E-state index < -0.39 is 0 Å². The van der Waals surface area contributed by atoms with Crippen molar-refractivity contribution < 1.29 is 0 Å². The minimum Gasteiger partial charge on any atom is -0.370 e. The highest BCUT2D eigenvalue weighted by atomic mass is 127. The van der Waals surface area contributed by atoms with Crippen LogP contribution in [0.1, 0.15) is 12.0 Å². The second-order valence-electron chi connectivity index (χ2n) is 3.04. The minimum atomic E-state index is 0. The summed E-state index contributed by atoms with van der Waals surface area (Å²) in [5.41, 5.74) is 11.7. The lowest BCUT2D eigenvalue weighted by molar-refractivity contribution is 0.831. The van der Waals surface area contributed by atoms with Gasteiger partial charge in [-0.25, -0.2) is 0 Å². The largest absolute Gasteiger partial charge is 0.370 e. The summed E-state index contributed by atoms with van der Waals surface area (Å²) < 4.78 is 1.11. The Kier molecular flexibility index (Phi) is 7.76. The first-order valence-electron chi connectivity index (χ1n) is 4.48. The molecule has 84 valence electrons. The van der Waals surface area contributed by atoms with Gasteiger partial charge in [0.1, 0.15) is 0 Å². The second-order valence-corrected chi connectivity index (χ2v) is 3.96. The smallest absolute Gasteiger partial charge is 0.185 e. The SMILES string of the molecule is I.NC(N)=NCCCc1cccc(Br)c1. The number of aryl methyl sites for hydroxylation is 1. The number of guanidine groups is 1. The predicted molar refractivity (Wildman–Crippen MR) is 78.6 cm³/mol. The van der Waals surface area contributed by atoms with Gasteiger partial charge in [-0.2, -0.15) is 0 Å². The van der Waals surface area contributed by atoms with Gasteiger partial charge in [0.05, 0.1) is 0 Å². The highest BCUT2D eigenvalue weighted by Crippen LogP contribution is 2.12. The Balaban J connectivity index is 0.00000196. The van der Waals surface area contributed by atoms with Gasteiger partial charge in [-0.1, -0.05) is 28.1 Å². The van der Waals surface area contributed by atoms with Crippen molar-refractivity contribution in [3.05, 3.63) is 34.3 Å². The van der Waals surface area contributed by atoms with Crippen molar-refractivity contribution in [2.75, 3.05) is 6.54 Å². The summed E-state index contributed by atoms with van der Waals surface area (Å²) in [5.74, 6) is 0.166. The maximum absolute atomic E-state index is 5.22. The molecule has 0 spiro atoms. The summed E-state index contributed by atoms with van der Waals surface area (Å²) in [6.07, 6.45) is 1.96. The molecular weight excluding hydrogens is 369 g/mol. The minimum absolute atomic E-state index is 0. The van der Waals surface area contributed by atoms with E-state index in [1.165, 1.54) is 5.56 Å². The highest BCUT2D eigenvalue weighted by Gasteiger charge is 1.93. The van der Waals surface area contributed by atoms with Crippen LogP contribution in [0.3, 0.4) is 0 Å². The van der Waals surface area contributed by atoms with Crippen LogP contribution in [0.15, 0.2) is 33.7 Å². The van der Waals surface area contributed by atoms with Crippen LogP contribution in [0.25, 0.3) is 0 Å². The van der Waals surface area contributed by atoms with Crippen molar-refractivity contribution in [1.82, 2.24) is 0 Å². The molecule has 5 heteroatoms. The summed E-state index contributed by atoms with van der Waals surface area (Å²) in [6.45, 7) is 0.689. The molecule has 4 N–H and O–H groups in total. The first-order valence-corrected chi connectivity index (χ1v) is 5.27. The quantitative estimate of drug-likeness (QED) is 0.362. The Hall–Kier alpha value is -0.300. The van der Waals surface area contributed by atoms with E-state index in [1.807, 2.05) is 12.1 Å². The molecule has 15 heavy (non-hydrogen) atoms. The molecule has 0 fully saturated rings. The number of nitrogens with zero attached hydrogens (tertiary/aromatic N) is 1. The van der Waals surface area contributed by atoms with Gasteiger partial charge in [-0.3, -0.25) is 4.99 Å². The van der Waals surface area contributed by atoms with E-state index in [4.69, 9.17) is 11.5 Å². The molecule has 0 atom stereocenters. The van der Waals surface area contributed by atoms with E-state index in [0.717, 1.165) is 17.3 Å². The summed E-state index contributed by atoms with van der Waals surface area (Å²) >= 11 is 3.43. The fraction of sp³-hybridized carbons (Fsp3) is 0.300. The van der Waals surface area contributed by atoms with Gasteiger partial charge in [-0.15, -0.1) is 24.0 Å². The molecule has 0 amide bonds. The van der Waals surface area contributed by atoms with Gasteiger partial charge in [0, 0.05) is 11.0 Å². The van der Waals surface area contributed by atoms with E-state index in [0.29, 0.717) is 6.54 Å². The van der Waals surface area contributed by atoms with Gasteiger partial charge < -0.3 is 11.5 Å². The van der Waals surface area contributed by atoms with Gasteiger partial charge in [-0.05, 0) is 30.5 Å². The maximum atomic E-state index is 5.22. The van der Waals surface area contributed by atoms with E-state index in [-0.39, 0.29) is 29.9 Å². The maximum Gasteiger partial charge on any atom is 0.185 e. The first kappa shape index (κ1) is 14.7. The molecule has 0 saturated carbocycles. The topological polar surface area (TPSA) is 64.4 Å². The molecule has 0 aliphatic rings. The fourth-order valence-corrected chi connectivity index (χ4v) is 1.63. The molecule has 1 aromatic carbocycles. The third kappa shape index (κ3) is 6.72. The van der Waals surface area contributed by atoms with Gasteiger partial charge in [0.15, 0.2) is 5.96 Å². The van der Waals surface area contributed by atoms with Crippen molar-refractivity contribution in [2.24, 2.45) is 16.5 Å². The molecule has 1 aromatic rings. The molecule has 0 unspecified atom stereocenters. The normalized spacial score (nSPS) is 9.13. The molecule has 3 nitrogen and oxygen atoms in total. The molecule has 0 saturated heterocycles. The second kappa shape index (κ2) is 7.92. The Morgan fingerprint density at radius 2 is 2.07 bits per heavy atom. The number of nitrogens with two attached hydrogens (primary N) is 2. The third-order valence-corrected chi connectivity index (χ3v) is 2.30. The molecule has 0 aromatic heterocycles. The number of rotatable bonds is 4. The molecule has 0 bridgehead atoms. The number of hydrogen-bond acceptors (Lipinski definition) is 1. The average Bonchev–Trinajstić information content (AvgIpc) is 2.12. The lowest BCUT2D eigenvalue weighted by Crippen LogP contribution is -2.23. The van der Waals surface area contributed by atoms with Gasteiger partial charge in [0.25, 0.3) is 0 Å². The Labute approximate surface area is 115 Å². The summed E-state index contributed by atoms with van der Waals surface area (Å²) in [4.78, 5) is 3.92. The van der Waals surface area contributed by atoms with Crippen molar-refractivity contribution in [3.63, 3.8) is 0 Å². The van der Waals surface area contributed by atoms with E-state index in [9.17, 15) is 0 Å². The van der Waals surface area contributed by atoms with Crippen molar-refractivity contribution in [3.8, 4) is 0 Å². The van der Waals surface area contributed by atoms with E-state index in [2.05, 4.69) is 33.1 Å². The Bertz CT molecular complexity index is 324. The average molecular weight is 384 g/mol. The van der Waals surface area contributed by atoms with Crippen LogP contribution in [-0.2, 0) is 6.42 Å². The Morgan fingerprint density at radius 1 is 1.33 bits per heavy atom. The third-order valence-electron chi connectivity index (χ3n) is 1.81. The number of halogens is 2. The molecule has 1 rings (SSSR count). The first-order chi connectivity index (χ1) is 6.68. The molecule has 0 heterocycles. The van der Waals surface area contributed by atoms with Crippen LogP contribution >= 0.6 is 39.9 Å². The molecule has 0 aliphatic carbocycles. The van der Waals surface area contributed by atoms with Crippen LogP contribution in [-0.4, -0.2) is 12.5 Å². The molecule has 0 aliphatic heterocycles. The van der Waals surface area contributed by atoms with Gasteiger partial charge in [0.2, 0.25) is 0 Å². The predicted octanol–water partition coefficient (Wildman–Crippen LogP) is 2.27. The number of aliphatic imine (C=N–C) groups is 1. The zero-order valence-corrected chi connectivity index (χ0v) is 12.2. The lowest BCUT2D eigenvalue weighted by Gasteiger charge is -2.00. The van der Waals surface area contributed by atoms with Crippen LogP contribution < -0.4 is 11.5 Å². The summed E-state index contributed by atoms with van der Waals surface area (Å²) in [6, 6.07) is 8.25. The highest BCUT2D eigenvalue weighted by molar-refractivity contribution is 14.0. The summed E-state index contributed by atoms with van der Waals surface area (Å²) in [7, 11) is 0. The van der Waals surface area contributed by atoms with Gasteiger partial charge >= 0.3 is 0 Å². The molecular formula is C10H15BrIN3. The summed E-state index contributed by atoms with van der Waals surface area (Å²) in [5, 5.41) is 0. The zero-order chi connectivity index (χ0) is 10.4. The van der Waals surface area contributed by atoms with Crippen molar-refractivity contribution in [2.45, 2.75) is 12.8 Å². The van der Waals surface area contributed by atoms with E-state index >= 15 is 0 Å². The Morgan fingerprint density at radius 3 is 2.67 bits per heavy atom. The monoisotopic (exact) mass is 383 g/mol. The van der Waals surface area contributed by atoms with Crippen molar-refractivity contribution >= 4 is 45.9 Å². The number of benzene rings is 1. The van der Waals surface area contributed by atoms with Crippen LogP contribution in [0.4, 0.5) is 0 Å².